The molecule has 2 aliphatic carbocycles. The average Bonchev–Trinajstić information content (AvgIpc) is 2.90. The van der Waals surface area contributed by atoms with Crippen LogP contribution in [0, 0.1) is 11.8 Å². The molecule has 1 aromatic rings. The number of halogens is 1. The van der Waals surface area contributed by atoms with Gasteiger partial charge in [0.2, 0.25) is 0 Å². The fourth-order valence-corrected chi connectivity index (χ4v) is 2.91. The molecule has 3 rings (SSSR count). The van der Waals surface area contributed by atoms with Gasteiger partial charge in [0.05, 0.1) is 0 Å². The Balaban J connectivity index is 1.58. The molecule has 3 nitrogen and oxygen atoms in total. The summed E-state index contributed by atoms with van der Waals surface area (Å²) in [6.07, 6.45) is 6.08. The normalized spacial score (nSPS) is 28.4. The first-order chi connectivity index (χ1) is 8.70. The number of ether oxygens (including phenoxy) is 1. The van der Waals surface area contributed by atoms with E-state index in [2.05, 4.69) is 17.5 Å². The van der Waals surface area contributed by atoms with Gasteiger partial charge in [0.25, 0.3) is 0 Å². The van der Waals surface area contributed by atoms with Crippen LogP contribution in [0.25, 0.3) is 0 Å². The molecular weight excluding hydrogens is 250 g/mol. The van der Waals surface area contributed by atoms with Crippen LogP contribution in [0.3, 0.4) is 0 Å². The highest BCUT2D eigenvalue weighted by atomic mass is 35.5. The van der Waals surface area contributed by atoms with Crippen LogP contribution >= 0.6 is 11.6 Å². The van der Waals surface area contributed by atoms with Crippen molar-refractivity contribution in [2.24, 2.45) is 11.8 Å². The van der Waals surface area contributed by atoms with Gasteiger partial charge in [0.15, 0.2) is 0 Å². The van der Waals surface area contributed by atoms with Crippen molar-refractivity contribution in [3.05, 3.63) is 41.4 Å². The third-order valence-electron chi connectivity index (χ3n) is 3.55. The van der Waals surface area contributed by atoms with E-state index in [9.17, 15) is 4.79 Å². The molecule has 0 heterocycles. The molecule has 0 aromatic heterocycles. The van der Waals surface area contributed by atoms with Crippen LogP contribution in [0.2, 0.25) is 5.02 Å². The second-order valence-corrected chi connectivity index (χ2v) is 5.30. The summed E-state index contributed by atoms with van der Waals surface area (Å²) in [5, 5.41) is 3.29. The van der Waals surface area contributed by atoms with Crippen LogP contribution in [0.4, 0.5) is 10.5 Å². The minimum absolute atomic E-state index is 0.0270. The van der Waals surface area contributed by atoms with Gasteiger partial charge in [-0.2, -0.15) is 0 Å². The van der Waals surface area contributed by atoms with E-state index in [0.29, 0.717) is 22.5 Å². The lowest BCUT2D eigenvalue weighted by atomic mass is 10.1. The second-order valence-electron chi connectivity index (χ2n) is 4.86. The predicted octanol–water partition coefficient (Wildman–Crippen LogP) is 3.85. The van der Waals surface area contributed by atoms with Crippen molar-refractivity contribution in [1.82, 2.24) is 0 Å². The molecule has 1 N–H and O–H groups in total. The minimum Gasteiger partial charge on any atom is -0.445 e. The topological polar surface area (TPSA) is 38.3 Å². The molecule has 0 radical (unpaired) electrons. The monoisotopic (exact) mass is 263 g/mol. The SMILES string of the molecule is O=C(Nc1cccc(Cl)c1)O[C@H]1C[C@@H]2C=C[C@H]1C2. The average molecular weight is 264 g/mol. The standard InChI is InChI=1S/C14H14ClNO2/c15-11-2-1-3-12(8-11)16-14(17)18-13-7-9-4-5-10(13)6-9/h1-5,8-10,13H,6-7H2,(H,16,17)/t9-,10+,13+/m1/s1. The first kappa shape index (κ1) is 11.6. The molecule has 1 amide bonds. The molecule has 0 aliphatic heterocycles. The maximum atomic E-state index is 11.8. The van der Waals surface area contributed by atoms with Crippen molar-refractivity contribution in [3.63, 3.8) is 0 Å². The van der Waals surface area contributed by atoms with Crippen LogP contribution in [-0.4, -0.2) is 12.2 Å². The van der Waals surface area contributed by atoms with Crippen LogP contribution in [-0.2, 0) is 4.74 Å². The zero-order chi connectivity index (χ0) is 12.5. The van der Waals surface area contributed by atoms with E-state index in [4.69, 9.17) is 16.3 Å². The summed E-state index contributed by atoms with van der Waals surface area (Å²) >= 11 is 5.85. The molecule has 0 spiro atoms. The summed E-state index contributed by atoms with van der Waals surface area (Å²) in [5.41, 5.74) is 0.659. The molecule has 1 aromatic carbocycles. The van der Waals surface area contributed by atoms with Gasteiger partial charge in [-0.1, -0.05) is 29.8 Å². The van der Waals surface area contributed by atoms with Crippen molar-refractivity contribution in [2.45, 2.75) is 18.9 Å². The number of rotatable bonds is 2. The van der Waals surface area contributed by atoms with Crippen molar-refractivity contribution < 1.29 is 9.53 Å². The Bertz CT molecular complexity index is 500. The van der Waals surface area contributed by atoms with E-state index >= 15 is 0 Å². The zero-order valence-electron chi connectivity index (χ0n) is 9.80. The van der Waals surface area contributed by atoms with Gasteiger partial charge in [-0.05, 0) is 37.0 Å². The van der Waals surface area contributed by atoms with Crippen molar-refractivity contribution in [1.29, 1.82) is 0 Å². The van der Waals surface area contributed by atoms with E-state index < -0.39 is 6.09 Å². The van der Waals surface area contributed by atoms with Gasteiger partial charge in [-0.15, -0.1) is 0 Å². The molecule has 2 bridgehead atoms. The number of carbonyl (C=O) groups is 1. The van der Waals surface area contributed by atoms with E-state index in [1.165, 1.54) is 0 Å². The number of amides is 1. The molecule has 94 valence electrons. The van der Waals surface area contributed by atoms with Gasteiger partial charge in [-0.25, -0.2) is 4.79 Å². The molecule has 0 saturated heterocycles. The van der Waals surface area contributed by atoms with Crippen molar-refractivity contribution >= 4 is 23.4 Å². The lowest BCUT2D eigenvalue weighted by Crippen LogP contribution is -2.25. The molecule has 3 atom stereocenters. The Hall–Kier alpha value is -1.48. The number of hydrogen-bond donors (Lipinski definition) is 1. The Kier molecular flexibility index (Phi) is 3.00. The van der Waals surface area contributed by atoms with Gasteiger partial charge in [0, 0.05) is 16.6 Å². The summed E-state index contributed by atoms with van der Waals surface area (Å²) < 4.78 is 5.44. The van der Waals surface area contributed by atoms with Gasteiger partial charge in [-0.3, -0.25) is 5.32 Å². The third kappa shape index (κ3) is 2.36. The summed E-state index contributed by atoms with van der Waals surface area (Å²) in [4.78, 5) is 11.8. The number of anilines is 1. The van der Waals surface area contributed by atoms with Crippen LogP contribution < -0.4 is 5.32 Å². The van der Waals surface area contributed by atoms with E-state index in [0.717, 1.165) is 12.8 Å². The Morgan fingerprint density at radius 3 is 2.89 bits per heavy atom. The van der Waals surface area contributed by atoms with Crippen molar-refractivity contribution in [3.8, 4) is 0 Å². The Morgan fingerprint density at radius 1 is 1.33 bits per heavy atom. The van der Waals surface area contributed by atoms with Crippen LogP contribution in [0.15, 0.2) is 36.4 Å². The fourth-order valence-electron chi connectivity index (χ4n) is 2.72. The second kappa shape index (κ2) is 4.65. The Morgan fingerprint density at radius 2 is 2.22 bits per heavy atom. The lowest BCUT2D eigenvalue weighted by Gasteiger charge is -2.19. The smallest absolute Gasteiger partial charge is 0.411 e. The van der Waals surface area contributed by atoms with Gasteiger partial charge >= 0.3 is 6.09 Å². The highest BCUT2D eigenvalue weighted by Gasteiger charge is 2.38. The lowest BCUT2D eigenvalue weighted by molar-refractivity contribution is 0.0957. The first-order valence-corrected chi connectivity index (χ1v) is 6.50. The van der Waals surface area contributed by atoms with Crippen LogP contribution in [0.1, 0.15) is 12.8 Å². The third-order valence-corrected chi connectivity index (χ3v) is 3.78. The number of carbonyl (C=O) groups excluding carboxylic acids is 1. The Labute approximate surface area is 111 Å². The minimum atomic E-state index is -0.400. The number of benzene rings is 1. The quantitative estimate of drug-likeness (QED) is 0.823. The van der Waals surface area contributed by atoms with Gasteiger partial charge in [0.1, 0.15) is 6.10 Å². The number of allylic oxidation sites excluding steroid dienone is 1. The summed E-state index contributed by atoms with van der Waals surface area (Å²) in [6.45, 7) is 0. The largest absolute Gasteiger partial charge is 0.445 e. The van der Waals surface area contributed by atoms with Gasteiger partial charge < -0.3 is 4.74 Å². The molecule has 18 heavy (non-hydrogen) atoms. The van der Waals surface area contributed by atoms with E-state index in [1.807, 2.05) is 0 Å². The first-order valence-electron chi connectivity index (χ1n) is 6.12. The molecule has 1 saturated carbocycles. The predicted molar refractivity (Wildman–Crippen MR) is 70.7 cm³/mol. The number of nitrogens with one attached hydrogen (secondary N) is 1. The maximum Gasteiger partial charge on any atom is 0.411 e. The fraction of sp³-hybridized carbons (Fsp3) is 0.357. The molecule has 1 fully saturated rings. The molecule has 2 aliphatic rings. The molecule has 4 heteroatoms. The highest BCUT2D eigenvalue weighted by Crippen LogP contribution is 2.40. The van der Waals surface area contributed by atoms with Crippen LogP contribution in [0.5, 0.6) is 0 Å². The van der Waals surface area contributed by atoms with E-state index in [1.54, 1.807) is 24.3 Å². The maximum absolute atomic E-state index is 11.8. The summed E-state index contributed by atoms with van der Waals surface area (Å²) in [7, 11) is 0. The number of fused-ring (bicyclic) bond motifs is 2. The molecular formula is C14H14ClNO2. The summed E-state index contributed by atoms with van der Waals surface area (Å²) in [5.74, 6) is 0.999. The number of hydrogen-bond acceptors (Lipinski definition) is 2. The van der Waals surface area contributed by atoms with Crippen molar-refractivity contribution in [2.75, 3.05) is 5.32 Å². The van der Waals surface area contributed by atoms with E-state index in [-0.39, 0.29) is 6.10 Å². The zero-order valence-corrected chi connectivity index (χ0v) is 10.6. The summed E-state index contributed by atoms with van der Waals surface area (Å²) in [6, 6.07) is 7.04. The molecule has 0 unspecified atom stereocenters. The highest BCUT2D eigenvalue weighted by molar-refractivity contribution is 6.30.